The van der Waals surface area contributed by atoms with E-state index in [0.29, 0.717) is 6.47 Å². The quantitative estimate of drug-likeness (QED) is 0.850. The van der Waals surface area contributed by atoms with Crippen molar-refractivity contribution in [1.29, 1.82) is 5.26 Å². The monoisotopic (exact) mass is 288 g/mol. The van der Waals surface area contributed by atoms with E-state index in [9.17, 15) is 10.1 Å². The Kier molecular flexibility index (Phi) is 6.39. The Hall–Kier alpha value is -1.86. The van der Waals surface area contributed by atoms with E-state index < -0.39 is 0 Å². The minimum atomic E-state index is -0.318. The first kappa shape index (κ1) is 17.2. The van der Waals surface area contributed by atoms with E-state index in [1.807, 2.05) is 39.0 Å². The van der Waals surface area contributed by atoms with Crippen LogP contribution in [0.15, 0.2) is 30.3 Å². The van der Waals surface area contributed by atoms with E-state index in [-0.39, 0.29) is 11.0 Å². The van der Waals surface area contributed by atoms with E-state index in [1.54, 1.807) is 0 Å². The normalized spacial score (nSPS) is 16.9. The number of hydrogen-bond donors (Lipinski definition) is 1. The van der Waals surface area contributed by atoms with Crippen molar-refractivity contribution in [3.63, 3.8) is 0 Å². The van der Waals surface area contributed by atoms with Crippen molar-refractivity contribution in [2.24, 2.45) is 0 Å². The lowest BCUT2D eigenvalue weighted by Crippen LogP contribution is -2.38. The summed E-state index contributed by atoms with van der Waals surface area (Å²) < 4.78 is 4.55. The molecule has 114 valence electrons. The second-order valence-electron chi connectivity index (χ2n) is 6.14. The average molecular weight is 288 g/mol. The molecule has 0 amide bonds. The van der Waals surface area contributed by atoms with Crippen LogP contribution in [-0.4, -0.2) is 25.2 Å². The first-order valence-electron chi connectivity index (χ1n) is 7.22. The summed E-state index contributed by atoms with van der Waals surface area (Å²) in [5.41, 5.74) is 0.609. The fourth-order valence-corrected chi connectivity index (χ4v) is 2.22. The average Bonchev–Trinajstić information content (AvgIpc) is 2.48. The van der Waals surface area contributed by atoms with Crippen LogP contribution in [0.25, 0.3) is 0 Å². The largest absolute Gasteiger partial charge is 0.462 e. The lowest BCUT2D eigenvalue weighted by atomic mass is 9.74. The van der Waals surface area contributed by atoms with Gasteiger partial charge in [-0.25, -0.2) is 0 Å². The van der Waals surface area contributed by atoms with Crippen LogP contribution < -0.4 is 5.32 Å². The Morgan fingerprint density at radius 1 is 1.24 bits per heavy atom. The van der Waals surface area contributed by atoms with Crippen molar-refractivity contribution in [1.82, 2.24) is 5.32 Å². The molecule has 0 atom stereocenters. The lowest BCUT2D eigenvalue weighted by molar-refractivity contribution is -0.138. The molecule has 0 spiro atoms. The van der Waals surface area contributed by atoms with Gasteiger partial charge >= 0.3 is 0 Å². The van der Waals surface area contributed by atoms with Gasteiger partial charge < -0.3 is 10.1 Å². The topological polar surface area (TPSA) is 62.1 Å². The first-order valence-corrected chi connectivity index (χ1v) is 7.22. The molecule has 0 bridgehead atoms. The number of carbonyl (C=O) groups excluding carboxylic acids is 1. The van der Waals surface area contributed by atoms with Gasteiger partial charge in [0.2, 0.25) is 0 Å². The van der Waals surface area contributed by atoms with Crippen molar-refractivity contribution in [2.45, 2.75) is 44.6 Å². The predicted octanol–water partition coefficient (Wildman–Crippen LogP) is 2.79. The molecule has 1 aromatic carbocycles. The highest BCUT2D eigenvalue weighted by molar-refractivity contribution is 5.37. The number of nitrogens with one attached hydrogen (secondary N) is 1. The van der Waals surface area contributed by atoms with Gasteiger partial charge in [0.15, 0.2) is 0 Å². The first-order chi connectivity index (χ1) is 9.93. The summed E-state index contributed by atoms with van der Waals surface area (Å²) in [6.45, 7) is 7.81. The second kappa shape index (κ2) is 7.80. The van der Waals surface area contributed by atoms with Crippen molar-refractivity contribution >= 4 is 6.47 Å². The Morgan fingerprint density at radius 3 is 2.19 bits per heavy atom. The predicted molar refractivity (Wildman–Crippen MR) is 82.7 cm³/mol. The standard InChI is InChI=1S/C12H14N2.C5H10O2/c13-10-12(6-8-14-9-7-12)11-4-2-1-3-5-11;1-5(2,3)7-4-6/h1-5,14H,6-9H2;4H,1-3H3. The Bertz CT molecular complexity index is 466. The van der Waals surface area contributed by atoms with Gasteiger partial charge in [-0.3, -0.25) is 4.79 Å². The summed E-state index contributed by atoms with van der Waals surface area (Å²) in [6.07, 6.45) is 1.85. The maximum Gasteiger partial charge on any atom is 0.293 e. The van der Waals surface area contributed by atoms with E-state index in [0.717, 1.165) is 25.9 Å². The Morgan fingerprint density at radius 2 is 1.81 bits per heavy atom. The van der Waals surface area contributed by atoms with Crippen molar-refractivity contribution in [3.8, 4) is 6.07 Å². The number of carbonyl (C=O) groups is 1. The van der Waals surface area contributed by atoms with Gasteiger partial charge in [0.1, 0.15) is 5.60 Å². The molecule has 0 aromatic heterocycles. The molecule has 1 aliphatic rings. The zero-order valence-electron chi connectivity index (χ0n) is 13.1. The number of nitriles is 1. The summed E-state index contributed by atoms with van der Waals surface area (Å²) in [5.74, 6) is 0. The van der Waals surface area contributed by atoms with E-state index in [4.69, 9.17) is 0 Å². The number of rotatable bonds is 2. The summed E-state index contributed by atoms with van der Waals surface area (Å²) in [6, 6.07) is 12.6. The maximum atomic E-state index is 9.60. The third-order valence-corrected chi connectivity index (χ3v) is 3.40. The van der Waals surface area contributed by atoms with Crippen LogP contribution in [0.2, 0.25) is 0 Å². The van der Waals surface area contributed by atoms with Crippen molar-refractivity contribution in [2.75, 3.05) is 13.1 Å². The van der Waals surface area contributed by atoms with Crippen LogP contribution in [0, 0.1) is 11.3 Å². The maximum absolute atomic E-state index is 9.60. The number of piperidine rings is 1. The number of benzene rings is 1. The van der Waals surface area contributed by atoms with E-state index >= 15 is 0 Å². The molecular formula is C17H24N2O2. The molecule has 0 aliphatic carbocycles. The van der Waals surface area contributed by atoms with Crippen LogP contribution >= 0.6 is 0 Å². The van der Waals surface area contributed by atoms with Crippen molar-refractivity contribution in [3.05, 3.63) is 35.9 Å². The highest BCUT2D eigenvalue weighted by Gasteiger charge is 2.33. The number of ether oxygens (including phenoxy) is 1. The molecule has 4 heteroatoms. The van der Waals surface area contributed by atoms with Crippen LogP contribution in [0.4, 0.5) is 0 Å². The number of nitrogens with zero attached hydrogens (tertiary/aromatic N) is 1. The zero-order valence-corrected chi connectivity index (χ0v) is 13.1. The van der Waals surface area contributed by atoms with E-state index in [2.05, 4.69) is 28.3 Å². The highest BCUT2D eigenvalue weighted by atomic mass is 16.5. The summed E-state index contributed by atoms with van der Waals surface area (Å²) in [5, 5.41) is 12.6. The van der Waals surface area contributed by atoms with Crippen molar-refractivity contribution < 1.29 is 9.53 Å². The molecule has 1 N–H and O–H groups in total. The van der Waals surface area contributed by atoms with Gasteiger partial charge in [0.25, 0.3) is 6.47 Å². The molecule has 1 saturated heterocycles. The lowest BCUT2D eigenvalue weighted by Gasteiger charge is -2.31. The second-order valence-corrected chi connectivity index (χ2v) is 6.14. The molecule has 21 heavy (non-hydrogen) atoms. The van der Waals surface area contributed by atoms with Gasteiger partial charge in [-0.2, -0.15) is 5.26 Å². The van der Waals surface area contributed by atoms with Gasteiger partial charge in [0.05, 0.1) is 11.5 Å². The zero-order chi connectivity index (χ0) is 15.8. The molecule has 1 aromatic rings. The summed E-state index contributed by atoms with van der Waals surface area (Å²) in [4.78, 5) is 9.60. The smallest absolute Gasteiger partial charge is 0.293 e. The molecule has 1 fully saturated rings. The molecule has 0 unspecified atom stereocenters. The fraction of sp³-hybridized carbons (Fsp3) is 0.529. The third-order valence-electron chi connectivity index (χ3n) is 3.40. The molecule has 0 saturated carbocycles. The molecule has 1 aliphatic heterocycles. The highest BCUT2D eigenvalue weighted by Crippen LogP contribution is 2.32. The van der Waals surface area contributed by atoms with Gasteiger partial charge in [-0.1, -0.05) is 30.3 Å². The minimum Gasteiger partial charge on any atom is -0.462 e. The van der Waals surface area contributed by atoms with E-state index in [1.165, 1.54) is 5.56 Å². The van der Waals surface area contributed by atoms with Gasteiger partial charge in [0, 0.05) is 0 Å². The molecular weight excluding hydrogens is 264 g/mol. The minimum absolute atomic E-state index is 0.244. The molecule has 4 nitrogen and oxygen atoms in total. The number of hydrogen-bond acceptors (Lipinski definition) is 4. The van der Waals surface area contributed by atoms with Gasteiger partial charge in [-0.15, -0.1) is 0 Å². The molecule has 2 rings (SSSR count). The summed E-state index contributed by atoms with van der Waals surface area (Å²) >= 11 is 0. The molecule has 1 heterocycles. The van der Waals surface area contributed by atoms with Crippen LogP contribution in [0.1, 0.15) is 39.2 Å². The SMILES string of the molecule is CC(C)(C)OC=O.N#CC1(c2ccccc2)CCNCC1. The summed E-state index contributed by atoms with van der Waals surface area (Å²) in [7, 11) is 0. The Labute approximate surface area is 127 Å². The fourth-order valence-electron chi connectivity index (χ4n) is 2.22. The van der Waals surface area contributed by atoms with Crippen LogP contribution in [-0.2, 0) is 14.9 Å². The van der Waals surface area contributed by atoms with Gasteiger partial charge in [-0.05, 0) is 52.3 Å². The van der Waals surface area contributed by atoms with Crippen LogP contribution in [0.3, 0.4) is 0 Å². The third kappa shape index (κ3) is 5.57. The van der Waals surface area contributed by atoms with Crippen LogP contribution in [0.5, 0.6) is 0 Å². The Balaban J connectivity index is 0.000000270. The molecule has 0 radical (unpaired) electrons.